The molecule has 1 spiro atoms. The summed E-state index contributed by atoms with van der Waals surface area (Å²) in [6.07, 6.45) is -3.88. The minimum atomic E-state index is -4.70. The van der Waals surface area contributed by atoms with Gasteiger partial charge >= 0.3 is 12.2 Å². The number of nitriles is 1. The summed E-state index contributed by atoms with van der Waals surface area (Å²) in [5.41, 5.74) is 3.86. The highest BCUT2D eigenvalue weighted by Crippen LogP contribution is 2.46. The molecule has 35 heavy (non-hydrogen) atoms. The maximum atomic E-state index is 13.9. The van der Waals surface area contributed by atoms with Crippen molar-refractivity contribution in [3.63, 3.8) is 0 Å². The first-order valence-electron chi connectivity index (χ1n) is 11.0. The number of alkyl halides is 3. The molecule has 0 saturated carbocycles. The number of nitrogens with one attached hydrogen (secondary N) is 1. The van der Waals surface area contributed by atoms with Gasteiger partial charge in [-0.15, -0.1) is 0 Å². The Morgan fingerprint density at radius 2 is 1.83 bits per heavy atom. The third kappa shape index (κ3) is 4.73. The van der Waals surface area contributed by atoms with Crippen molar-refractivity contribution in [3.05, 3.63) is 59.4 Å². The van der Waals surface area contributed by atoms with Crippen LogP contribution in [0.25, 0.3) is 0 Å². The number of hydrogen-bond donors (Lipinski definition) is 2. The number of carbonyl (C=O) groups is 2. The average molecular weight is 489 g/mol. The minimum absolute atomic E-state index is 0.0566. The normalized spacial score (nSPS) is 19.5. The minimum Gasteiger partial charge on any atom is -0.370 e. The lowest BCUT2D eigenvalue weighted by molar-refractivity contribution is -0.137. The number of nitrogens with two attached hydrogens (primary N) is 1. The first kappa shape index (κ1) is 24.3. The monoisotopic (exact) mass is 489 g/mol. The summed E-state index contributed by atoms with van der Waals surface area (Å²) in [5.74, 6) is -1.74. The Hall–Kier alpha value is -3.81. The highest BCUT2D eigenvalue weighted by molar-refractivity contribution is 5.89. The molecular formula is C24H23F4N5O2. The van der Waals surface area contributed by atoms with Crippen molar-refractivity contribution < 1.29 is 27.2 Å². The molecular weight excluding hydrogens is 466 g/mol. The molecule has 2 saturated heterocycles. The molecule has 3 N–H and O–H groups in total. The van der Waals surface area contributed by atoms with Crippen LogP contribution in [-0.4, -0.2) is 43.0 Å². The largest absolute Gasteiger partial charge is 0.417 e. The van der Waals surface area contributed by atoms with Gasteiger partial charge in [0.25, 0.3) is 0 Å². The summed E-state index contributed by atoms with van der Waals surface area (Å²) in [6.45, 7) is 0.977. The number of para-hydroxylation sites is 1. The highest BCUT2D eigenvalue weighted by Gasteiger charge is 2.51. The molecule has 1 atom stereocenters. The number of halogens is 4. The number of benzene rings is 2. The first-order chi connectivity index (χ1) is 16.5. The fourth-order valence-electron chi connectivity index (χ4n) is 5.04. The van der Waals surface area contributed by atoms with E-state index >= 15 is 0 Å². The summed E-state index contributed by atoms with van der Waals surface area (Å²) < 4.78 is 54.2. The molecule has 0 aromatic heterocycles. The summed E-state index contributed by atoms with van der Waals surface area (Å²) >= 11 is 0. The van der Waals surface area contributed by atoms with E-state index in [9.17, 15) is 27.2 Å². The molecule has 3 amide bonds. The van der Waals surface area contributed by atoms with Crippen LogP contribution in [-0.2, 0) is 11.0 Å². The molecule has 11 heteroatoms. The van der Waals surface area contributed by atoms with Crippen molar-refractivity contribution in [2.45, 2.75) is 19.0 Å². The number of hydrogen-bond acceptors (Lipinski definition) is 4. The quantitative estimate of drug-likeness (QED) is 0.638. The smallest absolute Gasteiger partial charge is 0.370 e. The van der Waals surface area contributed by atoms with E-state index in [1.54, 1.807) is 17.0 Å². The number of urea groups is 1. The van der Waals surface area contributed by atoms with E-state index in [4.69, 9.17) is 11.0 Å². The molecule has 4 rings (SSSR count). The van der Waals surface area contributed by atoms with Crippen LogP contribution in [0.2, 0.25) is 0 Å². The lowest BCUT2D eigenvalue weighted by Crippen LogP contribution is -2.50. The molecule has 0 bridgehead atoms. The van der Waals surface area contributed by atoms with Gasteiger partial charge < -0.3 is 20.9 Å². The highest BCUT2D eigenvalue weighted by atomic mass is 19.4. The zero-order valence-corrected chi connectivity index (χ0v) is 18.6. The van der Waals surface area contributed by atoms with Crippen LogP contribution in [0.5, 0.6) is 0 Å². The van der Waals surface area contributed by atoms with Crippen LogP contribution in [0.1, 0.15) is 24.0 Å². The van der Waals surface area contributed by atoms with Crippen LogP contribution in [0.15, 0.2) is 42.5 Å². The second-order valence-electron chi connectivity index (χ2n) is 8.93. The number of likely N-dealkylation sites (tertiary alicyclic amines) is 1. The number of nitrogens with zero attached hydrogens (tertiary/aromatic N) is 3. The van der Waals surface area contributed by atoms with Crippen molar-refractivity contribution in [3.8, 4) is 6.07 Å². The van der Waals surface area contributed by atoms with Gasteiger partial charge in [0.1, 0.15) is 5.82 Å². The summed E-state index contributed by atoms with van der Waals surface area (Å²) in [5, 5.41) is 11.6. The molecule has 184 valence electrons. The maximum absolute atomic E-state index is 13.9. The number of piperidine rings is 1. The van der Waals surface area contributed by atoms with E-state index in [0.29, 0.717) is 12.8 Å². The number of primary amides is 1. The van der Waals surface area contributed by atoms with E-state index in [1.807, 2.05) is 0 Å². The Balaban J connectivity index is 1.51. The van der Waals surface area contributed by atoms with Crippen molar-refractivity contribution in [2.24, 2.45) is 17.1 Å². The molecule has 0 radical (unpaired) electrons. The fraction of sp³-hybridized carbons (Fsp3) is 0.375. The van der Waals surface area contributed by atoms with Crippen molar-refractivity contribution in [2.75, 3.05) is 36.4 Å². The van der Waals surface area contributed by atoms with Crippen molar-refractivity contribution in [1.82, 2.24) is 4.90 Å². The molecule has 2 heterocycles. The van der Waals surface area contributed by atoms with E-state index < -0.39 is 46.4 Å². The number of anilines is 2. The Labute approximate surface area is 199 Å². The predicted octanol–water partition coefficient (Wildman–Crippen LogP) is 3.95. The molecule has 2 fully saturated rings. The van der Waals surface area contributed by atoms with Crippen LogP contribution >= 0.6 is 0 Å². The number of carbonyl (C=O) groups excluding carboxylic acids is 2. The zero-order valence-electron chi connectivity index (χ0n) is 18.6. The molecule has 2 aliphatic rings. The van der Waals surface area contributed by atoms with Gasteiger partial charge in [-0.3, -0.25) is 4.79 Å². The van der Waals surface area contributed by atoms with E-state index in [1.165, 1.54) is 29.2 Å². The fourth-order valence-corrected chi connectivity index (χ4v) is 5.04. The number of rotatable bonds is 3. The molecule has 1 unspecified atom stereocenters. The summed E-state index contributed by atoms with van der Waals surface area (Å²) in [4.78, 5) is 28.1. The third-order valence-corrected chi connectivity index (χ3v) is 6.95. The third-order valence-electron chi connectivity index (χ3n) is 6.95. The lowest BCUT2D eigenvalue weighted by atomic mass is 9.70. The average Bonchev–Trinajstić information content (AvgIpc) is 3.19. The van der Waals surface area contributed by atoms with Gasteiger partial charge in [-0.1, -0.05) is 12.1 Å². The number of amides is 3. The van der Waals surface area contributed by atoms with Gasteiger partial charge in [0.15, 0.2) is 0 Å². The Kier molecular flexibility index (Phi) is 6.32. The van der Waals surface area contributed by atoms with Gasteiger partial charge in [0.05, 0.1) is 28.8 Å². The van der Waals surface area contributed by atoms with Gasteiger partial charge in [0.2, 0.25) is 5.91 Å². The summed E-state index contributed by atoms with van der Waals surface area (Å²) in [7, 11) is 0. The molecule has 2 aromatic carbocycles. The predicted molar refractivity (Wildman–Crippen MR) is 120 cm³/mol. The van der Waals surface area contributed by atoms with E-state index in [2.05, 4.69) is 5.32 Å². The second-order valence-corrected chi connectivity index (χ2v) is 8.93. The Bertz CT molecular complexity index is 1190. The topological polar surface area (TPSA) is 102 Å². The van der Waals surface area contributed by atoms with Crippen LogP contribution in [0.3, 0.4) is 0 Å². The van der Waals surface area contributed by atoms with Crippen LogP contribution in [0.4, 0.5) is 33.7 Å². The zero-order chi connectivity index (χ0) is 25.4. The van der Waals surface area contributed by atoms with Gasteiger partial charge in [-0.25, -0.2) is 9.18 Å². The molecule has 2 aromatic rings. The molecule has 7 nitrogen and oxygen atoms in total. The molecule has 2 aliphatic heterocycles. The SMILES string of the molecule is N#Cc1ccc(N2CC(C(N)=O)C3(CCN(C(=O)Nc4ccccc4F)CC3)C2)cc1C(F)(F)F. The van der Waals surface area contributed by atoms with E-state index in [-0.39, 0.29) is 37.6 Å². The van der Waals surface area contributed by atoms with E-state index in [0.717, 1.165) is 12.1 Å². The van der Waals surface area contributed by atoms with Crippen molar-refractivity contribution >= 4 is 23.3 Å². The Morgan fingerprint density at radius 3 is 2.43 bits per heavy atom. The van der Waals surface area contributed by atoms with Gasteiger partial charge in [-0.05, 0) is 43.2 Å². The van der Waals surface area contributed by atoms with Crippen LogP contribution in [0, 0.1) is 28.5 Å². The molecule has 0 aliphatic carbocycles. The first-order valence-corrected chi connectivity index (χ1v) is 11.0. The van der Waals surface area contributed by atoms with Crippen LogP contribution < -0.4 is 16.0 Å². The summed E-state index contributed by atoms with van der Waals surface area (Å²) in [6, 6.07) is 10.4. The lowest BCUT2D eigenvalue weighted by Gasteiger charge is -2.41. The maximum Gasteiger partial charge on any atom is 0.417 e. The Morgan fingerprint density at radius 1 is 1.14 bits per heavy atom. The van der Waals surface area contributed by atoms with Gasteiger partial charge in [-0.2, -0.15) is 18.4 Å². The van der Waals surface area contributed by atoms with Gasteiger partial charge in [0, 0.05) is 37.3 Å². The second kappa shape index (κ2) is 9.09. The standard InChI is InChI=1S/C24H23F4N5O2/c25-19-3-1-2-4-20(19)31-22(35)32-9-7-23(8-10-32)14-33(13-18(23)21(30)34)16-6-5-15(12-29)17(11-16)24(26,27)28/h1-6,11,18H,7-10,13-14H2,(H2,30,34)(H,31,35). The van der Waals surface area contributed by atoms with Crippen molar-refractivity contribution in [1.29, 1.82) is 5.26 Å².